The molecule has 0 radical (unpaired) electrons. The molecule has 0 aliphatic rings. The lowest BCUT2D eigenvalue weighted by molar-refractivity contribution is 0.0694. The van der Waals surface area contributed by atoms with E-state index >= 15 is 0 Å². The second-order valence-corrected chi connectivity index (χ2v) is 5.38. The van der Waals surface area contributed by atoms with Crippen molar-refractivity contribution in [3.8, 4) is 0 Å². The van der Waals surface area contributed by atoms with Crippen molar-refractivity contribution < 1.29 is 9.90 Å². The Morgan fingerprint density at radius 3 is 2.65 bits per heavy atom. The van der Waals surface area contributed by atoms with Gasteiger partial charge in [-0.2, -0.15) is 0 Å². The molecule has 0 heterocycles. The molecule has 2 aromatic carbocycles. The van der Waals surface area contributed by atoms with Crippen molar-refractivity contribution in [1.82, 2.24) is 0 Å². The van der Waals surface area contributed by atoms with Gasteiger partial charge >= 0.3 is 5.97 Å². The number of rotatable bonds is 5. The molecule has 0 saturated carbocycles. The van der Waals surface area contributed by atoms with Gasteiger partial charge in [0.25, 0.3) is 0 Å². The molecule has 3 nitrogen and oxygen atoms in total. The first-order chi connectivity index (χ1) is 9.61. The van der Waals surface area contributed by atoms with Crippen molar-refractivity contribution in [2.24, 2.45) is 0 Å². The van der Waals surface area contributed by atoms with Gasteiger partial charge in [0.2, 0.25) is 0 Å². The maximum absolute atomic E-state index is 11.4. The fraction of sp³-hybridized carbons (Fsp3) is 0.188. The van der Waals surface area contributed by atoms with Crippen LogP contribution in [0.4, 0.5) is 5.69 Å². The van der Waals surface area contributed by atoms with Crippen molar-refractivity contribution in [3.05, 3.63) is 59.2 Å². The second-order valence-electron chi connectivity index (χ2n) is 4.53. The molecule has 0 amide bonds. The van der Waals surface area contributed by atoms with Gasteiger partial charge in [-0.15, -0.1) is 11.8 Å². The average molecular weight is 287 g/mol. The molecule has 2 N–H and O–H groups in total. The Morgan fingerprint density at radius 2 is 2.00 bits per heavy atom. The number of carboxylic acids is 1. The standard InChI is InChI=1S/C16H17NO2S/c1-11-5-3-6-12(9-11)10-17-13-7-4-8-14(20-2)15(13)16(18)19/h3-9,17H,10H2,1-2H3,(H,18,19). The molecule has 0 unspecified atom stereocenters. The average Bonchev–Trinajstić information content (AvgIpc) is 2.44. The first-order valence-electron chi connectivity index (χ1n) is 6.31. The summed E-state index contributed by atoms with van der Waals surface area (Å²) in [5.41, 5.74) is 3.33. The second kappa shape index (κ2) is 6.48. The Kier molecular flexibility index (Phi) is 4.69. The van der Waals surface area contributed by atoms with E-state index < -0.39 is 5.97 Å². The summed E-state index contributed by atoms with van der Waals surface area (Å²) in [6, 6.07) is 13.7. The molecule has 0 aliphatic carbocycles. The minimum absolute atomic E-state index is 0.340. The van der Waals surface area contributed by atoms with Gasteiger partial charge in [-0.3, -0.25) is 0 Å². The molecule has 2 rings (SSSR count). The zero-order chi connectivity index (χ0) is 14.5. The number of hydrogen-bond donors (Lipinski definition) is 2. The molecule has 4 heteroatoms. The maximum Gasteiger partial charge on any atom is 0.338 e. The van der Waals surface area contributed by atoms with E-state index in [1.165, 1.54) is 17.3 Å². The third-order valence-corrected chi connectivity index (χ3v) is 3.81. The Bertz CT molecular complexity index is 626. The molecule has 104 valence electrons. The van der Waals surface area contributed by atoms with E-state index in [0.717, 1.165) is 10.5 Å². The third-order valence-electron chi connectivity index (χ3n) is 3.03. The molecule has 0 bridgehead atoms. The van der Waals surface area contributed by atoms with Crippen LogP contribution in [0.5, 0.6) is 0 Å². The summed E-state index contributed by atoms with van der Waals surface area (Å²) in [5.74, 6) is -0.901. The monoisotopic (exact) mass is 287 g/mol. The van der Waals surface area contributed by atoms with E-state index in [9.17, 15) is 9.90 Å². The van der Waals surface area contributed by atoms with Gasteiger partial charge in [0.05, 0.1) is 11.3 Å². The molecule has 0 fully saturated rings. The molecular formula is C16H17NO2S. The number of thioether (sulfide) groups is 1. The number of aryl methyl sites for hydroxylation is 1. The number of carboxylic acid groups (broad SMARTS) is 1. The minimum atomic E-state index is -0.901. The first-order valence-corrected chi connectivity index (χ1v) is 7.54. The molecule has 0 aliphatic heterocycles. The molecular weight excluding hydrogens is 270 g/mol. The summed E-state index contributed by atoms with van der Waals surface area (Å²) in [6.07, 6.45) is 1.88. The number of aromatic carboxylic acids is 1. The van der Waals surface area contributed by atoms with E-state index in [2.05, 4.69) is 11.4 Å². The van der Waals surface area contributed by atoms with Crippen molar-refractivity contribution in [3.63, 3.8) is 0 Å². The molecule has 0 spiro atoms. The number of nitrogens with one attached hydrogen (secondary N) is 1. The topological polar surface area (TPSA) is 49.3 Å². The van der Waals surface area contributed by atoms with E-state index in [-0.39, 0.29) is 0 Å². The van der Waals surface area contributed by atoms with Gasteiger partial charge in [-0.1, -0.05) is 35.9 Å². The van der Waals surface area contributed by atoms with Gasteiger partial charge in [0, 0.05) is 11.4 Å². The molecule has 0 saturated heterocycles. The summed E-state index contributed by atoms with van der Waals surface area (Å²) in [5, 5.41) is 12.6. The van der Waals surface area contributed by atoms with E-state index in [0.29, 0.717) is 17.8 Å². The van der Waals surface area contributed by atoms with Gasteiger partial charge < -0.3 is 10.4 Å². The van der Waals surface area contributed by atoms with Crippen molar-refractivity contribution >= 4 is 23.4 Å². The van der Waals surface area contributed by atoms with Crippen LogP contribution >= 0.6 is 11.8 Å². The largest absolute Gasteiger partial charge is 0.478 e. The van der Waals surface area contributed by atoms with Crippen molar-refractivity contribution in [1.29, 1.82) is 0 Å². The van der Waals surface area contributed by atoms with E-state index in [1.54, 1.807) is 6.07 Å². The van der Waals surface area contributed by atoms with Gasteiger partial charge in [-0.05, 0) is 30.9 Å². The minimum Gasteiger partial charge on any atom is -0.478 e. The Labute approximate surface area is 123 Å². The van der Waals surface area contributed by atoms with E-state index in [1.807, 2.05) is 43.5 Å². The van der Waals surface area contributed by atoms with Crippen molar-refractivity contribution in [2.75, 3.05) is 11.6 Å². The highest BCUT2D eigenvalue weighted by Gasteiger charge is 2.14. The number of anilines is 1. The first kappa shape index (κ1) is 14.5. The van der Waals surface area contributed by atoms with Crippen LogP contribution < -0.4 is 5.32 Å². The Morgan fingerprint density at radius 1 is 1.25 bits per heavy atom. The fourth-order valence-corrected chi connectivity index (χ4v) is 2.70. The van der Waals surface area contributed by atoms with E-state index in [4.69, 9.17) is 0 Å². The fourth-order valence-electron chi connectivity index (χ4n) is 2.09. The lowest BCUT2D eigenvalue weighted by Crippen LogP contribution is -2.07. The van der Waals surface area contributed by atoms with Crippen LogP contribution in [-0.2, 0) is 6.54 Å². The Balaban J connectivity index is 2.23. The van der Waals surface area contributed by atoms with Gasteiger partial charge in [-0.25, -0.2) is 4.79 Å². The highest BCUT2D eigenvalue weighted by molar-refractivity contribution is 7.98. The molecule has 0 atom stereocenters. The van der Waals surface area contributed by atoms with Crippen LogP contribution in [0.3, 0.4) is 0 Å². The molecule has 2 aromatic rings. The summed E-state index contributed by atoms with van der Waals surface area (Å²) < 4.78 is 0. The highest BCUT2D eigenvalue weighted by atomic mass is 32.2. The van der Waals surface area contributed by atoms with Crippen LogP contribution in [-0.4, -0.2) is 17.3 Å². The van der Waals surface area contributed by atoms with Crippen molar-refractivity contribution in [2.45, 2.75) is 18.4 Å². The van der Waals surface area contributed by atoms with Crippen LogP contribution in [0, 0.1) is 6.92 Å². The summed E-state index contributed by atoms with van der Waals surface area (Å²) in [7, 11) is 0. The predicted molar refractivity (Wildman–Crippen MR) is 83.7 cm³/mol. The van der Waals surface area contributed by atoms with Gasteiger partial charge in [0.15, 0.2) is 0 Å². The summed E-state index contributed by atoms with van der Waals surface area (Å²) >= 11 is 1.44. The molecule has 0 aromatic heterocycles. The smallest absolute Gasteiger partial charge is 0.338 e. The predicted octanol–water partition coefficient (Wildman–Crippen LogP) is 4.03. The Hall–Kier alpha value is -1.94. The zero-order valence-corrected chi connectivity index (χ0v) is 12.3. The van der Waals surface area contributed by atoms with Gasteiger partial charge in [0.1, 0.15) is 0 Å². The van der Waals surface area contributed by atoms with Crippen LogP contribution in [0.25, 0.3) is 0 Å². The number of benzene rings is 2. The lowest BCUT2D eigenvalue weighted by atomic mass is 10.1. The summed E-state index contributed by atoms with van der Waals surface area (Å²) in [4.78, 5) is 12.2. The maximum atomic E-state index is 11.4. The van der Waals surface area contributed by atoms with Crippen LogP contribution in [0.2, 0.25) is 0 Å². The lowest BCUT2D eigenvalue weighted by Gasteiger charge is -2.12. The quantitative estimate of drug-likeness (QED) is 0.815. The van der Waals surface area contributed by atoms with Crippen LogP contribution in [0.1, 0.15) is 21.5 Å². The zero-order valence-electron chi connectivity index (χ0n) is 11.5. The number of carbonyl (C=O) groups is 1. The molecule has 20 heavy (non-hydrogen) atoms. The summed E-state index contributed by atoms with van der Waals surface area (Å²) in [6.45, 7) is 2.65. The van der Waals surface area contributed by atoms with Crippen LogP contribution in [0.15, 0.2) is 47.4 Å². The SMILES string of the molecule is CSc1cccc(NCc2cccc(C)c2)c1C(=O)O. The number of hydrogen-bond acceptors (Lipinski definition) is 3. The normalized spacial score (nSPS) is 10.3. The highest BCUT2D eigenvalue weighted by Crippen LogP contribution is 2.27. The third kappa shape index (κ3) is 3.33.